The molecule has 16 heteroatoms. The number of benzene rings is 3. The minimum absolute atomic E-state index is 0.0637. The molecule has 10 rings (SSSR count). The van der Waals surface area contributed by atoms with Gasteiger partial charge in [-0.25, -0.2) is 4.98 Å². The first-order valence-electron chi connectivity index (χ1n) is 20.8. The molecular formula is C45H45FN8O7. The summed E-state index contributed by atoms with van der Waals surface area (Å²) in [6.45, 7) is 3.88. The van der Waals surface area contributed by atoms with Crippen molar-refractivity contribution < 1.29 is 37.8 Å². The molecule has 15 nitrogen and oxygen atoms in total. The Bertz CT molecular complexity index is 2600. The number of amides is 4. The molecule has 4 fully saturated rings. The average molecular weight is 829 g/mol. The van der Waals surface area contributed by atoms with E-state index in [0.717, 1.165) is 78.9 Å². The van der Waals surface area contributed by atoms with Crippen LogP contribution in [0.3, 0.4) is 0 Å². The van der Waals surface area contributed by atoms with Gasteiger partial charge in [0.25, 0.3) is 11.8 Å². The van der Waals surface area contributed by atoms with Crippen molar-refractivity contribution in [3.05, 3.63) is 83.8 Å². The molecule has 1 aliphatic carbocycles. The molecule has 4 amide bonds. The largest absolute Gasteiger partial charge is 0.494 e. The SMILES string of the molecule is COc1cccc(Oc2ccc(-c3nn(C4CCC(N5CC(C6CN(c7ccc8c(c7)C(=O)N(C7CCC(=O)NC7=O)C8=O)C6)C5)CC4)c4c(OC)cnc(N)c34)cc2)c1F. The minimum atomic E-state index is -0.977. The van der Waals surface area contributed by atoms with Crippen LogP contribution in [0.4, 0.5) is 15.9 Å². The number of ether oxygens (including phenoxy) is 3. The number of nitrogens with one attached hydrogen (secondary N) is 1. The Hall–Kier alpha value is -6.55. The van der Waals surface area contributed by atoms with Crippen LogP contribution in [-0.4, -0.2) is 101 Å². The number of likely N-dealkylation sites (tertiary alicyclic amines) is 1. The van der Waals surface area contributed by atoms with E-state index in [0.29, 0.717) is 52.0 Å². The van der Waals surface area contributed by atoms with Crippen molar-refractivity contribution in [2.45, 2.75) is 56.7 Å². The van der Waals surface area contributed by atoms with Crippen LogP contribution in [0, 0.1) is 17.7 Å². The number of nitrogens with zero attached hydrogens (tertiary/aromatic N) is 6. The number of fused-ring (bicyclic) bond motifs is 2. The number of carbonyl (C=O) groups excluding carboxylic acids is 4. The van der Waals surface area contributed by atoms with Crippen molar-refractivity contribution in [1.82, 2.24) is 29.9 Å². The lowest BCUT2D eigenvalue weighted by Crippen LogP contribution is -2.62. The monoisotopic (exact) mass is 828 g/mol. The fourth-order valence-electron chi connectivity index (χ4n) is 9.81. The van der Waals surface area contributed by atoms with E-state index in [1.807, 2.05) is 18.2 Å². The van der Waals surface area contributed by atoms with Crippen molar-refractivity contribution >= 4 is 46.0 Å². The number of piperidine rings is 1. The van der Waals surface area contributed by atoms with Gasteiger partial charge in [-0.3, -0.25) is 39.0 Å². The third-order valence-electron chi connectivity index (χ3n) is 13.3. The molecule has 3 N–H and O–H groups in total. The van der Waals surface area contributed by atoms with Crippen molar-refractivity contribution in [2.75, 3.05) is 51.0 Å². The van der Waals surface area contributed by atoms with Gasteiger partial charge in [-0.1, -0.05) is 6.07 Å². The third-order valence-corrected chi connectivity index (χ3v) is 13.3. The van der Waals surface area contributed by atoms with Crippen LogP contribution in [0.15, 0.2) is 66.9 Å². The molecule has 314 valence electrons. The summed E-state index contributed by atoms with van der Waals surface area (Å²) < 4.78 is 33.6. The second-order valence-electron chi connectivity index (χ2n) is 16.6. The number of carbonyl (C=O) groups is 4. The van der Waals surface area contributed by atoms with E-state index in [1.165, 1.54) is 13.2 Å². The van der Waals surface area contributed by atoms with Crippen molar-refractivity contribution in [1.29, 1.82) is 0 Å². The topological polar surface area (TPSA) is 174 Å². The lowest BCUT2D eigenvalue weighted by atomic mass is 9.78. The van der Waals surface area contributed by atoms with Crippen LogP contribution in [0.5, 0.6) is 23.0 Å². The van der Waals surface area contributed by atoms with Gasteiger partial charge in [0.15, 0.2) is 17.2 Å². The Morgan fingerprint density at radius 2 is 1.48 bits per heavy atom. The van der Waals surface area contributed by atoms with Crippen molar-refractivity contribution in [3.63, 3.8) is 0 Å². The molecule has 4 aliphatic heterocycles. The molecule has 1 unspecified atom stereocenters. The Morgan fingerprint density at radius 1 is 0.787 bits per heavy atom. The first-order chi connectivity index (χ1) is 29.6. The minimum Gasteiger partial charge on any atom is -0.494 e. The number of anilines is 2. The summed E-state index contributed by atoms with van der Waals surface area (Å²) in [6.07, 6.45) is 5.85. The van der Waals surface area contributed by atoms with Crippen molar-refractivity contribution in [3.8, 4) is 34.3 Å². The second kappa shape index (κ2) is 15.2. The zero-order chi connectivity index (χ0) is 42.1. The van der Waals surface area contributed by atoms with Gasteiger partial charge in [-0.2, -0.15) is 9.49 Å². The third kappa shape index (κ3) is 6.60. The molecule has 0 radical (unpaired) electrons. The Labute approximate surface area is 350 Å². The molecule has 5 aromatic rings. The van der Waals surface area contributed by atoms with Crippen molar-refractivity contribution in [2.24, 2.45) is 11.8 Å². The molecule has 0 spiro atoms. The zero-order valence-electron chi connectivity index (χ0n) is 33.8. The van der Waals surface area contributed by atoms with Crippen LogP contribution in [-0.2, 0) is 9.59 Å². The number of rotatable bonds is 10. The molecule has 1 atom stereocenters. The highest BCUT2D eigenvalue weighted by Crippen LogP contribution is 2.44. The number of nitrogens with two attached hydrogens (primary N) is 1. The first-order valence-corrected chi connectivity index (χ1v) is 20.8. The summed E-state index contributed by atoms with van der Waals surface area (Å²) in [5, 5.41) is 8.14. The molecule has 1 saturated carbocycles. The van der Waals surface area contributed by atoms with Gasteiger partial charge in [0.2, 0.25) is 17.6 Å². The van der Waals surface area contributed by atoms with Crippen LogP contribution in [0.25, 0.3) is 22.2 Å². The second-order valence-corrected chi connectivity index (χ2v) is 16.6. The van der Waals surface area contributed by atoms with Crippen LogP contribution in [0.1, 0.15) is 65.3 Å². The van der Waals surface area contributed by atoms with E-state index >= 15 is 0 Å². The van der Waals surface area contributed by atoms with E-state index < -0.39 is 35.5 Å². The van der Waals surface area contributed by atoms with Crippen LogP contribution in [0.2, 0.25) is 0 Å². The maximum absolute atomic E-state index is 14.8. The van der Waals surface area contributed by atoms with E-state index in [9.17, 15) is 23.6 Å². The average Bonchev–Trinajstić information content (AvgIpc) is 3.75. The smallest absolute Gasteiger partial charge is 0.262 e. The quantitative estimate of drug-likeness (QED) is 0.168. The van der Waals surface area contributed by atoms with Gasteiger partial charge in [0.05, 0.1) is 43.0 Å². The highest BCUT2D eigenvalue weighted by atomic mass is 19.1. The Kier molecular flexibility index (Phi) is 9.61. The molecule has 0 bridgehead atoms. The molecule has 3 aromatic carbocycles. The first kappa shape index (κ1) is 38.6. The van der Waals surface area contributed by atoms with Gasteiger partial charge < -0.3 is 24.8 Å². The summed E-state index contributed by atoms with van der Waals surface area (Å²) in [5.74, 6) is 0.180. The maximum atomic E-state index is 14.8. The molecule has 61 heavy (non-hydrogen) atoms. The lowest BCUT2D eigenvalue weighted by molar-refractivity contribution is -0.136. The zero-order valence-corrected chi connectivity index (χ0v) is 33.8. The summed E-state index contributed by atoms with van der Waals surface area (Å²) in [4.78, 5) is 60.9. The van der Waals surface area contributed by atoms with E-state index in [2.05, 4.69) is 24.8 Å². The number of pyridine rings is 1. The fourth-order valence-corrected chi connectivity index (χ4v) is 9.81. The maximum Gasteiger partial charge on any atom is 0.262 e. The summed E-state index contributed by atoms with van der Waals surface area (Å²) >= 11 is 0. The van der Waals surface area contributed by atoms with Gasteiger partial charge >= 0.3 is 0 Å². The molecular weight excluding hydrogens is 784 g/mol. The normalized spacial score (nSPS) is 22.2. The Morgan fingerprint density at radius 3 is 2.20 bits per heavy atom. The van der Waals surface area contributed by atoms with Gasteiger partial charge in [-0.15, -0.1) is 0 Å². The predicted molar refractivity (Wildman–Crippen MR) is 222 cm³/mol. The molecule has 3 saturated heterocycles. The van der Waals surface area contributed by atoms with Gasteiger partial charge in [0, 0.05) is 49.9 Å². The molecule has 2 aromatic heterocycles. The highest BCUT2D eigenvalue weighted by Gasteiger charge is 2.46. The van der Waals surface area contributed by atoms with Gasteiger partial charge in [0.1, 0.15) is 28.8 Å². The number of imide groups is 2. The van der Waals surface area contributed by atoms with Gasteiger partial charge in [-0.05, 0) is 98.5 Å². The number of nitrogen functional groups attached to an aromatic ring is 1. The molecule has 6 heterocycles. The lowest BCUT2D eigenvalue weighted by Gasteiger charge is -2.54. The van der Waals surface area contributed by atoms with Crippen LogP contribution >= 0.6 is 0 Å². The number of hydrogen-bond acceptors (Lipinski definition) is 12. The number of halogens is 1. The molecule has 5 aliphatic rings. The van der Waals surface area contributed by atoms with Crippen LogP contribution < -0.4 is 30.2 Å². The Balaban J connectivity index is 0.762. The number of aromatic nitrogens is 3. The number of methoxy groups -OCH3 is 2. The van der Waals surface area contributed by atoms with E-state index in [-0.39, 0.29) is 30.4 Å². The highest BCUT2D eigenvalue weighted by molar-refractivity contribution is 6.23. The van der Waals surface area contributed by atoms with E-state index in [1.54, 1.807) is 49.7 Å². The standard InChI is InChI=1S/C45H45FN8O7/c1-59-34-4-3-5-35(39(34)46)61-30-13-6-24(7-14-30)40-38-41(36(60-2)19-48-42(38)47)54(50-40)28-10-8-27(9-11-28)51-20-25(21-51)26-22-52(23-26)29-12-15-31-32(18-29)45(58)53(44(31)57)33-16-17-37(55)49-43(33)56/h3-7,12-15,18-19,25-28,33H,8-11,16-17,20-23H2,1-2H3,(H2,47,48)(H,49,55,56). The summed E-state index contributed by atoms with van der Waals surface area (Å²) in [7, 11) is 3.04. The fraction of sp³-hybridized carbons (Fsp3) is 0.378. The predicted octanol–water partition coefficient (Wildman–Crippen LogP) is 5.58. The van der Waals surface area contributed by atoms with E-state index in [4.69, 9.17) is 25.0 Å². The summed E-state index contributed by atoms with van der Waals surface area (Å²) in [5.41, 5.74) is 10.4. The summed E-state index contributed by atoms with van der Waals surface area (Å²) in [6, 6.07) is 17.1. The number of hydrogen-bond donors (Lipinski definition) is 2.